The summed E-state index contributed by atoms with van der Waals surface area (Å²) in [5, 5.41) is 12.0. The van der Waals surface area contributed by atoms with Crippen molar-refractivity contribution in [1.29, 1.82) is 5.41 Å². The molecule has 10 nitrogen and oxygen atoms in total. The number of ether oxygens (including phenoxy) is 3. The molecule has 0 spiro atoms. The van der Waals surface area contributed by atoms with Crippen LogP contribution in [0.25, 0.3) is 16.7 Å². The number of hydrogen-bond donors (Lipinski definition) is 2. The summed E-state index contributed by atoms with van der Waals surface area (Å²) in [4.78, 5) is 31.5. The lowest BCUT2D eigenvalue weighted by Crippen LogP contribution is -2.36. The Morgan fingerprint density at radius 3 is 2.89 bits per heavy atom. The third kappa shape index (κ3) is 3.79. The highest BCUT2D eigenvalue weighted by Gasteiger charge is 2.22. The summed E-state index contributed by atoms with van der Waals surface area (Å²) in [5.74, 6) is 0.845. The molecule has 1 amide bonds. The lowest BCUT2D eigenvalue weighted by molar-refractivity contribution is 0.0931. The molecule has 0 bridgehead atoms. The largest absolute Gasteiger partial charge is 0.454 e. The maximum atomic E-state index is 13.5. The number of nitrogens with zero attached hydrogens (tertiary/aromatic N) is 3. The SMILES string of the molecule is Cc1cccn2c(=O)c3cc(C(=O)NCc4ccc5c(c4)OCO5)c(=N)n(C[C@H]4CCCO4)c3nc12. The number of benzene rings is 1. The highest BCUT2D eigenvalue weighted by molar-refractivity contribution is 5.96. The summed E-state index contributed by atoms with van der Waals surface area (Å²) in [5.41, 5.74) is 2.38. The molecule has 2 N–H and O–H groups in total. The van der Waals surface area contributed by atoms with Crippen LogP contribution in [0.2, 0.25) is 0 Å². The zero-order valence-corrected chi connectivity index (χ0v) is 19.7. The third-order valence-electron chi connectivity index (χ3n) is 6.68. The van der Waals surface area contributed by atoms with Gasteiger partial charge in [0.1, 0.15) is 16.8 Å². The number of amides is 1. The molecule has 5 heterocycles. The minimum Gasteiger partial charge on any atom is -0.454 e. The van der Waals surface area contributed by atoms with Crippen LogP contribution in [0.5, 0.6) is 11.5 Å². The first-order valence-electron chi connectivity index (χ1n) is 11.9. The second kappa shape index (κ2) is 8.80. The van der Waals surface area contributed by atoms with Gasteiger partial charge in [0.15, 0.2) is 11.5 Å². The van der Waals surface area contributed by atoms with Crippen molar-refractivity contribution >= 4 is 22.6 Å². The van der Waals surface area contributed by atoms with Gasteiger partial charge in [0.05, 0.1) is 23.6 Å². The molecule has 3 aromatic heterocycles. The first kappa shape index (κ1) is 22.3. The van der Waals surface area contributed by atoms with Crippen molar-refractivity contribution in [2.75, 3.05) is 13.4 Å². The van der Waals surface area contributed by atoms with Crippen molar-refractivity contribution < 1.29 is 19.0 Å². The van der Waals surface area contributed by atoms with Gasteiger partial charge < -0.3 is 24.1 Å². The smallest absolute Gasteiger partial charge is 0.267 e. The van der Waals surface area contributed by atoms with Crippen LogP contribution in [0.15, 0.2) is 47.4 Å². The van der Waals surface area contributed by atoms with E-state index in [1.54, 1.807) is 22.9 Å². The molecule has 184 valence electrons. The first-order valence-corrected chi connectivity index (χ1v) is 11.9. The van der Waals surface area contributed by atoms with Gasteiger partial charge >= 0.3 is 0 Å². The van der Waals surface area contributed by atoms with E-state index in [4.69, 9.17) is 24.6 Å². The summed E-state index contributed by atoms with van der Waals surface area (Å²) in [6, 6.07) is 10.6. The Morgan fingerprint density at radius 2 is 2.06 bits per heavy atom. The molecule has 1 saturated heterocycles. The normalized spacial score (nSPS) is 16.6. The molecule has 6 rings (SSSR count). The van der Waals surface area contributed by atoms with Crippen LogP contribution in [-0.4, -0.2) is 39.4 Å². The van der Waals surface area contributed by atoms with Crippen LogP contribution in [0.4, 0.5) is 0 Å². The standard InChI is InChI=1S/C26H25N5O5/c1-15-4-2-8-30-23(15)29-24-19(26(30)33)11-18(22(27)31(24)13-17-5-3-9-34-17)25(32)28-12-16-6-7-20-21(10-16)36-14-35-20/h2,4,6-8,10-11,17,27H,3,5,9,12-14H2,1H3,(H,28,32)/t17-/m1/s1. The van der Waals surface area contributed by atoms with Crippen molar-refractivity contribution in [2.45, 2.75) is 39.0 Å². The highest BCUT2D eigenvalue weighted by atomic mass is 16.7. The molecule has 1 atom stereocenters. The van der Waals surface area contributed by atoms with Crippen LogP contribution in [0, 0.1) is 12.3 Å². The Morgan fingerprint density at radius 1 is 1.19 bits per heavy atom. The van der Waals surface area contributed by atoms with Crippen molar-refractivity contribution in [3.05, 3.63) is 75.1 Å². The van der Waals surface area contributed by atoms with Crippen molar-refractivity contribution in [3.8, 4) is 11.5 Å². The number of nitrogens with one attached hydrogen (secondary N) is 2. The second-order valence-electron chi connectivity index (χ2n) is 9.06. The lowest BCUT2D eigenvalue weighted by atomic mass is 10.1. The van der Waals surface area contributed by atoms with Crippen molar-refractivity contribution in [3.63, 3.8) is 0 Å². The van der Waals surface area contributed by atoms with E-state index >= 15 is 0 Å². The fourth-order valence-electron chi connectivity index (χ4n) is 4.77. The van der Waals surface area contributed by atoms with Crippen LogP contribution in [-0.2, 0) is 17.8 Å². The van der Waals surface area contributed by atoms with E-state index in [9.17, 15) is 9.59 Å². The van der Waals surface area contributed by atoms with Gasteiger partial charge in [-0.3, -0.25) is 19.4 Å². The first-order chi connectivity index (χ1) is 17.5. The molecule has 0 radical (unpaired) electrons. The number of pyridine rings is 2. The number of aromatic nitrogens is 3. The Kier molecular flexibility index (Phi) is 5.45. The van der Waals surface area contributed by atoms with Crippen molar-refractivity contribution in [2.24, 2.45) is 0 Å². The molecule has 2 aliphatic rings. The van der Waals surface area contributed by atoms with Gasteiger partial charge in [-0.05, 0) is 55.2 Å². The van der Waals surface area contributed by atoms with Crippen molar-refractivity contribution in [1.82, 2.24) is 19.3 Å². The number of hydrogen-bond acceptors (Lipinski definition) is 7. The number of carbonyl (C=O) groups excluding carboxylic acids is 1. The van der Waals surface area contributed by atoms with Gasteiger partial charge in [-0.25, -0.2) is 4.98 Å². The summed E-state index contributed by atoms with van der Waals surface area (Å²) in [6.45, 7) is 3.29. The van der Waals surface area contributed by atoms with Gasteiger partial charge in [0.2, 0.25) is 6.79 Å². The molecular weight excluding hydrogens is 462 g/mol. The summed E-state index contributed by atoms with van der Waals surface area (Å²) >= 11 is 0. The topological polar surface area (TPSA) is 120 Å². The van der Waals surface area contributed by atoms with Gasteiger partial charge in [-0.2, -0.15) is 0 Å². The van der Waals surface area contributed by atoms with Crippen LogP contribution >= 0.6 is 0 Å². The van der Waals surface area contributed by atoms with Crippen LogP contribution in [0.1, 0.15) is 34.3 Å². The average molecular weight is 488 g/mol. The molecule has 10 heteroatoms. The number of fused-ring (bicyclic) bond motifs is 3. The second-order valence-corrected chi connectivity index (χ2v) is 9.06. The zero-order valence-electron chi connectivity index (χ0n) is 19.7. The van der Waals surface area contributed by atoms with E-state index in [-0.39, 0.29) is 41.4 Å². The van der Waals surface area contributed by atoms with Gasteiger partial charge in [0.25, 0.3) is 11.5 Å². The Bertz CT molecular complexity index is 1630. The number of aryl methyl sites for hydroxylation is 1. The Hall–Kier alpha value is -4.18. The maximum absolute atomic E-state index is 13.5. The maximum Gasteiger partial charge on any atom is 0.267 e. The molecule has 1 fully saturated rings. The molecule has 0 saturated carbocycles. The Labute approximate surface area is 205 Å². The Balaban J connectivity index is 1.43. The molecule has 0 unspecified atom stereocenters. The molecule has 36 heavy (non-hydrogen) atoms. The summed E-state index contributed by atoms with van der Waals surface area (Å²) in [6.07, 6.45) is 3.34. The monoisotopic (exact) mass is 487 g/mol. The third-order valence-corrected chi connectivity index (χ3v) is 6.68. The van der Waals surface area contributed by atoms with E-state index < -0.39 is 5.91 Å². The van der Waals surface area contributed by atoms with E-state index in [0.717, 1.165) is 24.0 Å². The van der Waals surface area contributed by atoms with E-state index in [1.165, 1.54) is 10.5 Å². The van der Waals surface area contributed by atoms with E-state index in [1.807, 2.05) is 25.1 Å². The van der Waals surface area contributed by atoms with Crippen LogP contribution < -0.4 is 25.8 Å². The minimum atomic E-state index is -0.450. The fourth-order valence-corrected chi connectivity index (χ4v) is 4.77. The molecule has 1 aromatic carbocycles. The van der Waals surface area contributed by atoms with Crippen LogP contribution in [0.3, 0.4) is 0 Å². The van der Waals surface area contributed by atoms with E-state index in [2.05, 4.69) is 5.32 Å². The lowest BCUT2D eigenvalue weighted by Gasteiger charge is -2.18. The quantitative estimate of drug-likeness (QED) is 0.417. The predicted octanol–water partition coefficient (Wildman–Crippen LogP) is 2.27. The van der Waals surface area contributed by atoms with E-state index in [0.29, 0.717) is 35.9 Å². The minimum absolute atomic E-state index is 0.00831. The van der Waals surface area contributed by atoms with Gasteiger partial charge in [0, 0.05) is 19.3 Å². The molecule has 4 aromatic rings. The summed E-state index contributed by atoms with van der Waals surface area (Å²) in [7, 11) is 0. The number of carbonyl (C=O) groups is 1. The predicted molar refractivity (Wildman–Crippen MR) is 130 cm³/mol. The number of rotatable bonds is 5. The fraction of sp³-hybridized carbons (Fsp3) is 0.308. The summed E-state index contributed by atoms with van der Waals surface area (Å²) < 4.78 is 19.7. The molecule has 2 aliphatic heterocycles. The molecular formula is C26H25N5O5. The van der Waals surface area contributed by atoms with Gasteiger partial charge in [-0.1, -0.05) is 12.1 Å². The average Bonchev–Trinajstić information content (AvgIpc) is 3.57. The highest BCUT2D eigenvalue weighted by Crippen LogP contribution is 2.32. The van der Waals surface area contributed by atoms with Gasteiger partial charge in [-0.15, -0.1) is 0 Å². The zero-order chi connectivity index (χ0) is 24.8. The molecule has 0 aliphatic carbocycles.